The van der Waals surface area contributed by atoms with Gasteiger partial charge < -0.3 is 9.84 Å². The first-order chi connectivity index (χ1) is 9.11. The van der Waals surface area contributed by atoms with Crippen molar-refractivity contribution in [1.82, 2.24) is 0 Å². The van der Waals surface area contributed by atoms with E-state index in [2.05, 4.69) is 0 Å². The first-order valence-electron chi connectivity index (χ1n) is 7.30. The number of rotatable bonds is 2. The summed E-state index contributed by atoms with van der Waals surface area (Å²) in [6.07, 6.45) is 0.180. The van der Waals surface area contributed by atoms with E-state index in [1.54, 1.807) is 13.8 Å². The molecule has 2 unspecified atom stereocenters. The third kappa shape index (κ3) is 2.83. The Hall–Kier alpha value is -0.710. The second-order valence-corrected chi connectivity index (χ2v) is 6.34. The van der Waals surface area contributed by atoms with Gasteiger partial charge in [0.25, 0.3) is 0 Å². The minimum absolute atomic E-state index is 0.169. The minimum Gasteiger partial charge on any atom is -0.469 e. The number of aliphatic hydroxyl groups is 1. The molecule has 0 aromatic heterocycles. The van der Waals surface area contributed by atoms with Crippen LogP contribution in [0.1, 0.15) is 53.4 Å². The Balaban J connectivity index is 0.000000956. The van der Waals surface area contributed by atoms with E-state index in [0.29, 0.717) is 0 Å². The van der Waals surface area contributed by atoms with Crippen LogP contribution in [0.2, 0.25) is 0 Å². The van der Waals surface area contributed by atoms with E-state index in [0.717, 1.165) is 0 Å². The van der Waals surface area contributed by atoms with Crippen molar-refractivity contribution in [3.05, 3.63) is 0 Å². The van der Waals surface area contributed by atoms with Crippen molar-refractivity contribution < 1.29 is 23.4 Å². The Bertz CT molecular complexity index is 350. The molecular formula is C15H26F2O3. The van der Waals surface area contributed by atoms with Gasteiger partial charge in [-0.3, -0.25) is 4.79 Å². The van der Waals surface area contributed by atoms with E-state index in [4.69, 9.17) is 4.74 Å². The fourth-order valence-corrected chi connectivity index (χ4v) is 3.57. The first-order valence-corrected chi connectivity index (χ1v) is 7.30. The minimum atomic E-state index is -2.61. The molecule has 3 nitrogen and oxygen atoms in total. The van der Waals surface area contributed by atoms with Crippen molar-refractivity contribution in [2.45, 2.75) is 64.9 Å². The highest BCUT2D eigenvalue weighted by atomic mass is 19.3. The molecule has 2 fully saturated rings. The SMILES string of the molecule is CC.COC(=O)C(C)(C)C1(O)CC2CC(F)(F)CC2C1. The predicted octanol–water partition coefficient (Wildman–Crippen LogP) is 3.40. The molecule has 0 radical (unpaired) electrons. The molecule has 2 atom stereocenters. The Kier molecular flexibility index (Phi) is 4.84. The molecule has 2 rings (SSSR count). The van der Waals surface area contributed by atoms with Crippen LogP contribution in [0.5, 0.6) is 0 Å². The van der Waals surface area contributed by atoms with Gasteiger partial charge in [0, 0.05) is 12.8 Å². The lowest BCUT2D eigenvalue weighted by Gasteiger charge is -2.38. The van der Waals surface area contributed by atoms with Gasteiger partial charge in [-0.1, -0.05) is 13.8 Å². The van der Waals surface area contributed by atoms with E-state index in [-0.39, 0.29) is 37.5 Å². The smallest absolute Gasteiger partial charge is 0.314 e. The van der Waals surface area contributed by atoms with Crippen LogP contribution < -0.4 is 0 Å². The van der Waals surface area contributed by atoms with Crippen LogP contribution in [0, 0.1) is 17.3 Å². The second-order valence-electron chi connectivity index (χ2n) is 6.34. The van der Waals surface area contributed by atoms with Crippen LogP contribution in [0.3, 0.4) is 0 Å². The fraction of sp³-hybridized carbons (Fsp3) is 0.933. The largest absolute Gasteiger partial charge is 0.469 e. The quantitative estimate of drug-likeness (QED) is 0.793. The molecule has 0 amide bonds. The maximum absolute atomic E-state index is 13.3. The van der Waals surface area contributed by atoms with Gasteiger partial charge in [0.1, 0.15) is 0 Å². The molecular weight excluding hydrogens is 266 g/mol. The zero-order valence-electron chi connectivity index (χ0n) is 13.0. The summed E-state index contributed by atoms with van der Waals surface area (Å²) in [6, 6.07) is 0. The Morgan fingerprint density at radius 3 is 1.90 bits per heavy atom. The number of methoxy groups -OCH3 is 1. The summed E-state index contributed by atoms with van der Waals surface area (Å²) in [7, 11) is 1.28. The van der Waals surface area contributed by atoms with E-state index >= 15 is 0 Å². The lowest BCUT2D eigenvalue weighted by molar-refractivity contribution is -0.169. The molecule has 20 heavy (non-hydrogen) atoms. The van der Waals surface area contributed by atoms with E-state index < -0.39 is 22.9 Å². The van der Waals surface area contributed by atoms with Gasteiger partial charge in [-0.25, -0.2) is 8.78 Å². The van der Waals surface area contributed by atoms with Gasteiger partial charge in [0.05, 0.1) is 18.1 Å². The van der Waals surface area contributed by atoms with Gasteiger partial charge in [-0.15, -0.1) is 0 Å². The summed E-state index contributed by atoms with van der Waals surface area (Å²) < 4.78 is 31.2. The van der Waals surface area contributed by atoms with E-state index in [1.165, 1.54) is 7.11 Å². The molecule has 0 aromatic rings. The Morgan fingerprint density at radius 2 is 1.55 bits per heavy atom. The van der Waals surface area contributed by atoms with Crippen molar-refractivity contribution >= 4 is 5.97 Å². The molecule has 0 aliphatic heterocycles. The highest BCUT2D eigenvalue weighted by molar-refractivity contribution is 5.77. The third-order valence-corrected chi connectivity index (χ3v) is 4.85. The molecule has 0 aromatic carbocycles. The summed E-state index contributed by atoms with van der Waals surface area (Å²) in [5.74, 6) is -3.47. The Morgan fingerprint density at radius 1 is 1.15 bits per heavy atom. The monoisotopic (exact) mass is 292 g/mol. The standard InChI is InChI=1S/C13H20F2O3.C2H6/c1-11(2,10(16)18-3)12(17)4-8-6-13(14,15)7-9(8)5-12;1-2/h8-9,17H,4-7H2,1-3H3;1-2H3. The molecule has 2 aliphatic carbocycles. The number of carbonyl (C=O) groups is 1. The van der Waals surface area contributed by atoms with Crippen molar-refractivity contribution in [1.29, 1.82) is 0 Å². The highest BCUT2D eigenvalue weighted by Crippen LogP contribution is 2.58. The molecule has 118 valence electrons. The average Bonchev–Trinajstić information content (AvgIpc) is 2.80. The van der Waals surface area contributed by atoms with E-state index in [9.17, 15) is 18.7 Å². The number of ether oxygens (including phenoxy) is 1. The number of esters is 1. The Labute approximate surface area is 119 Å². The van der Waals surface area contributed by atoms with Crippen LogP contribution in [0.4, 0.5) is 8.78 Å². The lowest BCUT2D eigenvalue weighted by Crippen LogP contribution is -2.49. The van der Waals surface area contributed by atoms with Gasteiger partial charge in [-0.05, 0) is 38.5 Å². The topological polar surface area (TPSA) is 46.5 Å². The molecule has 2 saturated carbocycles. The number of hydrogen-bond acceptors (Lipinski definition) is 3. The summed E-state index contributed by atoms with van der Waals surface area (Å²) in [4.78, 5) is 11.7. The zero-order chi connectivity index (χ0) is 15.8. The normalized spacial score (nSPS) is 35.0. The predicted molar refractivity (Wildman–Crippen MR) is 72.5 cm³/mol. The van der Waals surface area contributed by atoms with Crippen molar-refractivity contribution in [2.24, 2.45) is 17.3 Å². The first kappa shape index (κ1) is 17.3. The molecule has 0 heterocycles. The summed E-state index contributed by atoms with van der Waals surface area (Å²) in [6.45, 7) is 7.25. The van der Waals surface area contributed by atoms with Gasteiger partial charge in [0.2, 0.25) is 5.92 Å². The zero-order valence-corrected chi connectivity index (χ0v) is 13.0. The number of hydrogen-bond donors (Lipinski definition) is 1. The highest BCUT2D eigenvalue weighted by Gasteiger charge is 2.61. The van der Waals surface area contributed by atoms with Crippen LogP contribution in [0.15, 0.2) is 0 Å². The van der Waals surface area contributed by atoms with Gasteiger partial charge in [-0.2, -0.15) is 0 Å². The van der Waals surface area contributed by atoms with Crippen LogP contribution in [0.25, 0.3) is 0 Å². The van der Waals surface area contributed by atoms with Crippen molar-refractivity contribution in [2.75, 3.05) is 7.11 Å². The van der Waals surface area contributed by atoms with E-state index in [1.807, 2.05) is 13.8 Å². The van der Waals surface area contributed by atoms with Crippen LogP contribution in [-0.4, -0.2) is 29.7 Å². The average molecular weight is 292 g/mol. The van der Waals surface area contributed by atoms with Crippen LogP contribution in [-0.2, 0) is 9.53 Å². The third-order valence-electron chi connectivity index (χ3n) is 4.85. The fourth-order valence-electron chi connectivity index (χ4n) is 3.57. The molecule has 1 N–H and O–H groups in total. The second kappa shape index (κ2) is 5.58. The van der Waals surface area contributed by atoms with Crippen LogP contribution >= 0.6 is 0 Å². The summed E-state index contributed by atoms with van der Waals surface area (Å²) >= 11 is 0. The molecule has 2 aliphatic rings. The van der Waals surface area contributed by atoms with Crippen molar-refractivity contribution in [3.63, 3.8) is 0 Å². The molecule has 0 saturated heterocycles. The summed E-state index contributed by atoms with van der Waals surface area (Å²) in [5.41, 5.74) is -2.28. The maximum Gasteiger partial charge on any atom is 0.314 e. The number of carbonyl (C=O) groups excluding carboxylic acids is 1. The van der Waals surface area contributed by atoms with Gasteiger partial charge >= 0.3 is 5.97 Å². The maximum atomic E-state index is 13.3. The molecule has 5 heteroatoms. The summed E-state index contributed by atoms with van der Waals surface area (Å²) in [5, 5.41) is 10.7. The van der Waals surface area contributed by atoms with Crippen molar-refractivity contribution in [3.8, 4) is 0 Å². The molecule has 0 spiro atoms. The van der Waals surface area contributed by atoms with Gasteiger partial charge in [0.15, 0.2) is 0 Å². The number of alkyl halides is 2. The number of fused-ring (bicyclic) bond motifs is 1. The number of halogens is 2. The molecule has 0 bridgehead atoms. The lowest BCUT2D eigenvalue weighted by atomic mass is 9.72.